The molecule has 0 atom stereocenters. The van der Waals surface area contributed by atoms with Crippen LogP contribution in [0.15, 0.2) is 121 Å². The van der Waals surface area contributed by atoms with Gasteiger partial charge in [-0.3, -0.25) is 0 Å². The normalized spacial score (nSPS) is 13.5. The van der Waals surface area contributed by atoms with Gasteiger partial charge in [0.1, 0.15) is 0 Å². The van der Waals surface area contributed by atoms with E-state index in [2.05, 4.69) is 141 Å². The van der Waals surface area contributed by atoms with Gasteiger partial charge in [0.2, 0.25) is 0 Å². The molecule has 198 valence electrons. The molecular formula is C35H39P2Rh. The molecular weight excluding hydrogens is 585 g/mol. The summed E-state index contributed by atoms with van der Waals surface area (Å²) in [5, 5.41) is 5.94. The fourth-order valence-corrected chi connectivity index (χ4v) is 9.58. The van der Waals surface area contributed by atoms with Crippen molar-refractivity contribution < 1.29 is 19.5 Å². The second-order valence-electron chi connectivity index (χ2n) is 9.30. The molecule has 0 spiro atoms. The van der Waals surface area contributed by atoms with Gasteiger partial charge in [0.05, 0.1) is 0 Å². The van der Waals surface area contributed by atoms with Crippen LogP contribution in [-0.2, 0) is 19.5 Å². The van der Waals surface area contributed by atoms with Crippen LogP contribution in [0.2, 0.25) is 0 Å². The van der Waals surface area contributed by atoms with Gasteiger partial charge in [-0.05, 0) is 87.9 Å². The molecule has 1 fully saturated rings. The average Bonchev–Trinajstić information content (AvgIpc) is 2.95. The molecule has 0 saturated heterocycles. The average molecular weight is 625 g/mol. The summed E-state index contributed by atoms with van der Waals surface area (Å²) in [5.74, 6) is 0. The summed E-state index contributed by atoms with van der Waals surface area (Å²) >= 11 is 0. The van der Waals surface area contributed by atoms with Gasteiger partial charge < -0.3 is 0 Å². The summed E-state index contributed by atoms with van der Waals surface area (Å²) in [5.41, 5.74) is 0. The zero-order valence-corrected chi connectivity index (χ0v) is 25.6. The van der Waals surface area contributed by atoms with E-state index in [9.17, 15) is 0 Å². The predicted octanol–water partition coefficient (Wildman–Crippen LogP) is 8.20. The first kappa shape index (κ1) is 30.9. The molecule has 0 nitrogen and oxygen atoms in total. The smallest absolute Gasteiger partial charge is 0 e. The molecule has 3 heteroatoms. The Labute approximate surface area is 246 Å². The number of hydrogen-bond acceptors (Lipinski definition) is 0. The molecule has 4 aromatic rings. The van der Waals surface area contributed by atoms with E-state index >= 15 is 0 Å². The van der Waals surface area contributed by atoms with Gasteiger partial charge in [0.25, 0.3) is 0 Å². The zero-order chi connectivity index (χ0) is 25.4. The molecule has 5 rings (SSSR count). The van der Waals surface area contributed by atoms with Crippen molar-refractivity contribution >= 4 is 37.1 Å². The van der Waals surface area contributed by atoms with Crippen molar-refractivity contribution in [2.75, 3.05) is 12.3 Å². The Hall–Kier alpha value is -1.64. The first-order valence-corrected chi connectivity index (χ1v) is 16.7. The van der Waals surface area contributed by atoms with Crippen molar-refractivity contribution in [2.24, 2.45) is 0 Å². The van der Waals surface area contributed by atoms with Crippen molar-refractivity contribution in [3.05, 3.63) is 141 Å². The molecule has 0 unspecified atom stereocenters. The molecule has 0 aromatic heterocycles. The van der Waals surface area contributed by atoms with E-state index in [1.54, 1.807) is 0 Å². The third kappa shape index (κ3) is 10.5. The van der Waals surface area contributed by atoms with Gasteiger partial charge in [-0.1, -0.05) is 141 Å². The maximum absolute atomic E-state index is 2.30. The zero-order valence-electron chi connectivity index (χ0n) is 22.2. The quantitative estimate of drug-likeness (QED) is 0.137. The molecule has 1 aliphatic carbocycles. The fraction of sp³-hybridized carbons (Fsp3) is 0.229. The van der Waals surface area contributed by atoms with Gasteiger partial charge in [0.15, 0.2) is 0 Å². The topological polar surface area (TPSA) is 0 Å². The minimum absolute atomic E-state index is 0. The van der Waals surface area contributed by atoms with E-state index in [1.807, 2.05) is 0 Å². The number of hydrogen-bond donors (Lipinski definition) is 0. The monoisotopic (exact) mass is 624 g/mol. The first-order chi connectivity index (χ1) is 18.4. The van der Waals surface area contributed by atoms with Gasteiger partial charge in [-0.15, -0.1) is 0 Å². The van der Waals surface area contributed by atoms with Crippen LogP contribution < -0.4 is 21.2 Å². The molecule has 38 heavy (non-hydrogen) atoms. The standard InChI is InChI=1S/C27H26P2.C8H13.Rh/c1-5-14-24(15-6-1)28(25-16-7-2-8-17-25)22-13-23-29(26-18-9-3-10-19-26)27-20-11-4-12-21-27;1-2-4-6-8-7-5-3-1;/h1-12,14-21H,13,22-23H2;1-3H,4-8H2;. The van der Waals surface area contributed by atoms with Crippen LogP contribution in [0.1, 0.15) is 38.5 Å². The van der Waals surface area contributed by atoms with Crippen LogP contribution in [0.25, 0.3) is 0 Å². The Morgan fingerprint density at radius 3 is 1.05 bits per heavy atom. The van der Waals surface area contributed by atoms with Crippen molar-refractivity contribution in [1.29, 1.82) is 0 Å². The third-order valence-electron chi connectivity index (χ3n) is 6.55. The van der Waals surface area contributed by atoms with E-state index in [1.165, 1.54) is 72.1 Å². The molecule has 1 aliphatic rings. The Bertz CT molecular complexity index is 918. The summed E-state index contributed by atoms with van der Waals surface area (Å²) in [7, 11) is -0.618. The predicted molar refractivity (Wildman–Crippen MR) is 168 cm³/mol. The van der Waals surface area contributed by atoms with E-state index in [-0.39, 0.29) is 35.3 Å². The van der Waals surface area contributed by atoms with Gasteiger partial charge >= 0.3 is 0 Å². The Morgan fingerprint density at radius 1 is 0.421 bits per heavy atom. The SMILES string of the molecule is [CH]1[CH]CCCCC[CH]1.[Rh].c1ccc(P(CCCP(c2ccccc2)c2ccccc2)c2ccccc2)cc1. The summed E-state index contributed by atoms with van der Waals surface area (Å²) < 4.78 is 0. The Morgan fingerprint density at radius 2 is 0.737 bits per heavy atom. The summed E-state index contributed by atoms with van der Waals surface area (Å²) in [6.07, 6.45) is 17.2. The molecule has 1 saturated carbocycles. The van der Waals surface area contributed by atoms with Gasteiger partial charge in [0, 0.05) is 19.5 Å². The largest absolute Gasteiger partial charge is 0.0622 e. The summed E-state index contributed by atoms with van der Waals surface area (Å²) in [4.78, 5) is 0. The molecule has 0 heterocycles. The molecule has 0 amide bonds. The van der Waals surface area contributed by atoms with Crippen LogP contribution in [0.4, 0.5) is 0 Å². The number of benzene rings is 4. The van der Waals surface area contributed by atoms with E-state index in [0.717, 1.165) is 0 Å². The van der Waals surface area contributed by atoms with Gasteiger partial charge in [-0.2, -0.15) is 0 Å². The van der Waals surface area contributed by atoms with Crippen LogP contribution in [0.5, 0.6) is 0 Å². The second-order valence-corrected chi connectivity index (χ2v) is 14.0. The second kappa shape index (κ2) is 18.6. The van der Waals surface area contributed by atoms with Crippen LogP contribution in [0, 0.1) is 19.3 Å². The Kier molecular flexibility index (Phi) is 15.1. The van der Waals surface area contributed by atoms with Crippen LogP contribution in [0.3, 0.4) is 0 Å². The van der Waals surface area contributed by atoms with Crippen molar-refractivity contribution in [1.82, 2.24) is 0 Å². The van der Waals surface area contributed by atoms with Crippen molar-refractivity contribution in [3.63, 3.8) is 0 Å². The minimum Gasteiger partial charge on any atom is -0.0622 e. The van der Waals surface area contributed by atoms with Crippen LogP contribution >= 0.6 is 15.8 Å². The maximum atomic E-state index is 2.30. The Balaban J connectivity index is 0.000000382. The third-order valence-corrected chi connectivity index (χ3v) is 11.8. The fourth-order valence-electron chi connectivity index (χ4n) is 4.62. The van der Waals surface area contributed by atoms with Crippen molar-refractivity contribution in [3.8, 4) is 0 Å². The van der Waals surface area contributed by atoms with E-state index in [4.69, 9.17) is 0 Å². The summed E-state index contributed by atoms with van der Waals surface area (Å²) in [6.45, 7) is 0. The number of rotatable bonds is 8. The van der Waals surface area contributed by atoms with Crippen molar-refractivity contribution in [2.45, 2.75) is 38.5 Å². The first-order valence-electron chi connectivity index (χ1n) is 13.7. The molecule has 4 radical (unpaired) electrons. The molecule has 0 N–H and O–H groups in total. The maximum Gasteiger partial charge on any atom is 0 e. The molecule has 4 aromatic carbocycles. The summed E-state index contributed by atoms with van der Waals surface area (Å²) in [6, 6.07) is 44.3. The van der Waals surface area contributed by atoms with Gasteiger partial charge in [-0.25, -0.2) is 0 Å². The van der Waals surface area contributed by atoms with E-state index < -0.39 is 0 Å². The minimum atomic E-state index is -0.309. The molecule has 0 aliphatic heterocycles. The molecule has 0 bridgehead atoms. The van der Waals surface area contributed by atoms with Crippen LogP contribution in [-0.4, -0.2) is 12.3 Å². The van der Waals surface area contributed by atoms with E-state index in [0.29, 0.717) is 0 Å².